The van der Waals surface area contributed by atoms with E-state index in [0.717, 1.165) is 25.7 Å². The van der Waals surface area contributed by atoms with E-state index in [1.54, 1.807) is 0 Å². The van der Waals surface area contributed by atoms with Crippen LogP contribution in [0.1, 0.15) is 39.0 Å². The Labute approximate surface area is 99.8 Å². The van der Waals surface area contributed by atoms with Crippen LogP contribution >= 0.6 is 15.9 Å². The van der Waals surface area contributed by atoms with Gasteiger partial charge in [-0.1, -0.05) is 35.7 Å². The molecule has 0 aromatic heterocycles. The molecule has 1 aliphatic rings. The lowest BCUT2D eigenvalue weighted by atomic mass is 9.85. The van der Waals surface area contributed by atoms with Crippen molar-refractivity contribution in [1.29, 1.82) is 0 Å². The molecule has 0 bridgehead atoms. The highest BCUT2D eigenvalue weighted by atomic mass is 79.9. The number of halogens is 1. The van der Waals surface area contributed by atoms with Crippen molar-refractivity contribution in [3.8, 4) is 0 Å². The average Bonchev–Trinajstić information content (AvgIpc) is 2.28. The van der Waals surface area contributed by atoms with Crippen molar-refractivity contribution in [2.45, 2.75) is 49.9 Å². The molecule has 2 N–H and O–H groups in total. The number of nitrogens with one attached hydrogen (secondary N) is 1. The molecule has 0 radical (unpaired) electrons. The zero-order chi connectivity index (χ0) is 11.3. The van der Waals surface area contributed by atoms with E-state index in [4.69, 9.17) is 0 Å². The minimum Gasteiger partial charge on any atom is -0.396 e. The molecule has 88 valence electrons. The second-order valence-corrected chi connectivity index (χ2v) is 5.32. The minimum absolute atomic E-state index is 0.0582. The molecule has 0 spiro atoms. The fraction of sp³-hybridized carbons (Fsp3) is 0.909. The number of rotatable bonds is 4. The van der Waals surface area contributed by atoms with E-state index in [1.165, 1.54) is 6.42 Å². The first kappa shape index (κ1) is 13.0. The molecule has 1 saturated carbocycles. The van der Waals surface area contributed by atoms with Gasteiger partial charge in [-0.25, -0.2) is 0 Å². The van der Waals surface area contributed by atoms with E-state index in [0.29, 0.717) is 0 Å². The Balaban J connectivity index is 2.44. The van der Waals surface area contributed by atoms with Gasteiger partial charge in [0.1, 0.15) is 0 Å². The number of hydrogen-bond acceptors (Lipinski definition) is 2. The summed E-state index contributed by atoms with van der Waals surface area (Å²) in [5.74, 6) is 0.308. The van der Waals surface area contributed by atoms with E-state index < -0.39 is 0 Å². The summed E-state index contributed by atoms with van der Waals surface area (Å²) in [7, 11) is 0. The minimum atomic E-state index is -0.0984. The second kappa shape index (κ2) is 6.48. The Morgan fingerprint density at radius 2 is 2.20 bits per heavy atom. The van der Waals surface area contributed by atoms with Crippen LogP contribution in [-0.4, -0.2) is 28.5 Å². The van der Waals surface area contributed by atoms with Crippen molar-refractivity contribution < 1.29 is 9.90 Å². The molecule has 0 aliphatic heterocycles. The summed E-state index contributed by atoms with van der Waals surface area (Å²) in [6, 6.07) is 0.169. The van der Waals surface area contributed by atoms with Gasteiger partial charge in [0.05, 0.1) is 4.83 Å². The number of carbonyl (C=O) groups excluding carboxylic acids is 1. The number of aliphatic hydroxyl groups is 1. The van der Waals surface area contributed by atoms with Gasteiger partial charge in [0.15, 0.2) is 0 Å². The molecule has 3 nitrogen and oxygen atoms in total. The quantitative estimate of drug-likeness (QED) is 0.771. The molecule has 0 heterocycles. The van der Waals surface area contributed by atoms with Crippen molar-refractivity contribution >= 4 is 21.8 Å². The molecular formula is C11H20BrNO2. The van der Waals surface area contributed by atoms with Crippen LogP contribution in [0.3, 0.4) is 0 Å². The van der Waals surface area contributed by atoms with Gasteiger partial charge in [0, 0.05) is 18.6 Å². The molecule has 1 fully saturated rings. The first-order valence-corrected chi connectivity index (χ1v) is 6.66. The normalized spacial score (nSPS) is 28.5. The van der Waals surface area contributed by atoms with Crippen LogP contribution in [-0.2, 0) is 4.79 Å². The van der Waals surface area contributed by atoms with Gasteiger partial charge in [-0.05, 0) is 19.3 Å². The highest BCUT2D eigenvalue weighted by Crippen LogP contribution is 2.24. The molecular weight excluding hydrogens is 258 g/mol. The summed E-state index contributed by atoms with van der Waals surface area (Å²) < 4.78 is 0. The Morgan fingerprint density at radius 1 is 1.53 bits per heavy atom. The Bertz CT molecular complexity index is 211. The van der Waals surface area contributed by atoms with Crippen LogP contribution in [0.5, 0.6) is 0 Å². The predicted octanol–water partition coefficient (Wildman–Crippen LogP) is 1.83. The lowest BCUT2D eigenvalue weighted by molar-refractivity contribution is -0.121. The number of amides is 1. The predicted molar refractivity (Wildman–Crippen MR) is 64.0 cm³/mol. The van der Waals surface area contributed by atoms with E-state index in [9.17, 15) is 9.90 Å². The average molecular weight is 278 g/mol. The Kier molecular flexibility index (Phi) is 5.61. The largest absolute Gasteiger partial charge is 0.396 e. The molecule has 1 amide bonds. The van der Waals surface area contributed by atoms with Crippen LogP contribution in [0.15, 0.2) is 0 Å². The standard InChI is InChI=1S/C11H20BrNO2/c1-2-9(12)11(15)13-10-6-4-3-5-8(10)7-14/h8-10,14H,2-7H2,1H3,(H,13,15). The highest BCUT2D eigenvalue weighted by molar-refractivity contribution is 9.10. The summed E-state index contributed by atoms with van der Waals surface area (Å²) in [4.78, 5) is 11.6. The van der Waals surface area contributed by atoms with Crippen molar-refractivity contribution in [1.82, 2.24) is 5.32 Å². The lowest BCUT2D eigenvalue weighted by Gasteiger charge is -2.31. The summed E-state index contributed by atoms with van der Waals surface area (Å²) in [5, 5.41) is 12.2. The first-order chi connectivity index (χ1) is 7.19. The van der Waals surface area contributed by atoms with E-state index in [1.807, 2.05) is 6.92 Å². The number of hydrogen-bond donors (Lipinski definition) is 2. The zero-order valence-electron chi connectivity index (χ0n) is 9.21. The van der Waals surface area contributed by atoms with E-state index in [2.05, 4.69) is 21.2 Å². The maximum atomic E-state index is 11.7. The Hall–Kier alpha value is -0.0900. The molecule has 0 saturated heterocycles. The number of aliphatic hydroxyl groups excluding tert-OH is 1. The smallest absolute Gasteiger partial charge is 0.233 e. The molecule has 1 aliphatic carbocycles. The van der Waals surface area contributed by atoms with Crippen molar-refractivity contribution in [3.05, 3.63) is 0 Å². The third-order valence-electron chi connectivity index (χ3n) is 3.11. The summed E-state index contributed by atoms with van der Waals surface area (Å²) in [6.45, 7) is 2.16. The third kappa shape index (κ3) is 3.76. The van der Waals surface area contributed by atoms with Gasteiger partial charge in [-0.15, -0.1) is 0 Å². The fourth-order valence-corrected chi connectivity index (χ4v) is 2.21. The highest BCUT2D eigenvalue weighted by Gasteiger charge is 2.27. The van der Waals surface area contributed by atoms with Crippen LogP contribution in [0.25, 0.3) is 0 Å². The third-order valence-corrected chi connectivity index (χ3v) is 4.18. The zero-order valence-corrected chi connectivity index (χ0v) is 10.8. The lowest BCUT2D eigenvalue weighted by Crippen LogP contribution is -2.45. The topological polar surface area (TPSA) is 49.3 Å². The van der Waals surface area contributed by atoms with Gasteiger partial charge >= 0.3 is 0 Å². The van der Waals surface area contributed by atoms with Crippen LogP contribution in [0.4, 0.5) is 0 Å². The molecule has 1 rings (SSSR count). The summed E-state index contributed by atoms with van der Waals surface area (Å²) in [6.07, 6.45) is 5.15. The van der Waals surface area contributed by atoms with E-state index in [-0.39, 0.29) is 29.3 Å². The van der Waals surface area contributed by atoms with Gasteiger partial charge in [-0.3, -0.25) is 4.79 Å². The number of carbonyl (C=O) groups is 1. The molecule has 0 aromatic carbocycles. The van der Waals surface area contributed by atoms with Crippen molar-refractivity contribution in [2.24, 2.45) is 5.92 Å². The monoisotopic (exact) mass is 277 g/mol. The summed E-state index contributed by atoms with van der Waals surface area (Å²) >= 11 is 3.34. The van der Waals surface area contributed by atoms with Gasteiger partial charge < -0.3 is 10.4 Å². The van der Waals surface area contributed by atoms with Gasteiger partial charge in [0.2, 0.25) is 5.91 Å². The summed E-state index contributed by atoms with van der Waals surface area (Å²) in [5.41, 5.74) is 0. The van der Waals surface area contributed by atoms with Crippen molar-refractivity contribution in [2.75, 3.05) is 6.61 Å². The molecule has 15 heavy (non-hydrogen) atoms. The van der Waals surface area contributed by atoms with Crippen LogP contribution < -0.4 is 5.32 Å². The van der Waals surface area contributed by atoms with Crippen LogP contribution in [0, 0.1) is 5.92 Å². The van der Waals surface area contributed by atoms with E-state index >= 15 is 0 Å². The fourth-order valence-electron chi connectivity index (χ4n) is 2.07. The molecule has 4 heteroatoms. The van der Waals surface area contributed by atoms with Gasteiger partial charge in [0.25, 0.3) is 0 Å². The molecule has 3 atom stereocenters. The molecule has 0 aromatic rings. The van der Waals surface area contributed by atoms with Crippen LogP contribution in [0.2, 0.25) is 0 Å². The maximum Gasteiger partial charge on any atom is 0.233 e. The molecule has 3 unspecified atom stereocenters. The second-order valence-electron chi connectivity index (χ2n) is 4.22. The first-order valence-electron chi connectivity index (χ1n) is 5.74. The van der Waals surface area contributed by atoms with Gasteiger partial charge in [-0.2, -0.15) is 0 Å². The Morgan fingerprint density at radius 3 is 2.80 bits per heavy atom. The number of alkyl halides is 1. The SMILES string of the molecule is CCC(Br)C(=O)NC1CCCCC1CO. The van der Waals surface area contributed by atoms with Crippen molar-refractivity contribution in [3.63, 3.8) is 0 Å². The maximum absolute atomic E-state index is 11.7.